The maximum absolute atomic E-state index is 3.74. The highest BCUT2D eigenvalue weighted by Gasteiger charge is 2.35. The molecule has 1 aliphatic rings. The van der Waals surface area contributed by atoms with Gasteiger partial charge in [-0.25, -0.2) is 0 Å². The summed E-state index contributed by atoms with van der Waals surface area (Å²) in [6.45, 7) is 12.7. The van der Waals surface area contributed by atoms with E-state index in [9.17, 15) is 0 Å². The zero-order chi connectivity index (χ0) is 13.9. The maximum Gasteiger partial charge on any atom is 0.0535 e. The number of benzene rings is 1. The molecule has 0 amide bonds. The van der Waals surface area contributed by atoms with Gasteiger partial charge in [-0.05, 0) is 25.3 Å². The Morgan fingerprint density at radius 3 is 2.68 bits per heavy atom. The van der Waals surface area contributed by atoms with Crippen LogP contribution in [0.5, 0.6) is 0 Å². The van der Waals surface area contributed by atoms with Gasteiger partial charge in [0.25, 0.3) is 0 Å². The minimum atomic E-state index is 0.0846. The summed E-state index contributed by atoms with van der Waals surface area (Å²) >= 11 is 0. The van der Waals surface area contributed by atoms with Crippen LogP contribution in [0, 0.1) is 5.92 Å². The largest absolute Gasteiger partial charge is 0.305 e. The van der Waals surface area contributed by atoms with Crippen molar-refractivity contribution < 1.29 is 0 Å². The van der Waals surface area contributed by atoms with Crippen LogP contribution >= 0.6 is 0 Å². The van der Waals surface area contributed by atoms with E-state index in [1.807, 2.05) is 0 Å². The van der Waals surface area contributed by atoms with Gasteiger partial charge in [0, 0.05) is 25.7 Å². The molecule has 1 heterocycles. The Balaban J connectivity index is 2.12. The monoisotopic (exact) mass is 260 g/mol. The fourth-order valence-corrected chi connectivity index (χ4v) is 2.89. The lowest BCUT2D eigenvalue weighted by Crippen LogP contribution is -2.60. The molecule has 2 nitrogen and oxygen atoms in total. The molecule has 1 aliphatic heterocycles. The number of piperazine rings is 1. The summed E-state index contributed by atoms with van der Waals surface area (Å²) in [5.41, 5.74) is 1.48. The third-order valence-corrected chi connectivity index (χ3v) is 4.58. The lowest BCUT2D eigenvalue weighted by atomic mass is 9.88. The summed E-state index contributed by atoms with van der Waals surface area (Å²) in [6, 6.07) is 11.5. The Hall–Kier alpha value is -0.860. The normalized spacial score (nSPS) is 30.2. The van der Waals surface area contributed by atoms with E-state index in [0.717, 1.165) is 19.0 Å². The topological polar surface area (TPSA) is 15.3 Å². The first-order valence-corrected chi connectivity index (χ1v) is 7.59. The van der Waals surface area contributed by atoms with Gasteiger partial charge < -0.3 is 5.32 Å². The predicted molar refractivity (Wildman–Crippen MR) is 82.3 cm³/mol. The molecular weight excluding hydrogens is 232 g/mol. The van der Waals surface area contributed by atoms with Crippen molar-refractivity contribution in [3.63, 3.8) is 0 Å². The van der Waals surface area contributed by atoms with E-state index in [-0.39, 0.29) is 5.54 Å². The second kappa shape index (κ2) is 6.06. The summed E-state index contributed by atoms with van der Waals surface area (Å²) in [4.78, 5) is 2.65. The van der Waals surface area contributed by atoms with Crippen molar-refractivity contribution in [1.82, 2.24) is 10.2 Å². The molecule has 3 unspecified atom stereocenters. The maximum atomic E-state index is 3.74. The van der Waals surface area contributed by atoms with Crippen molar-refractivity contribution in [1.29, 1.82) is 0 Å². The first kappa shape index (κ1) is 14.5. The van der Waals surface area contributed by atoms with Gasteiger partial charge in [0.1, 0.15) is 0 Å². The van der Waals surface area contributed by atoms with Crippen molar-refractivity contribution in [3.05, 3.63) is 35.9 Å². The fourth-order valence-electron chi connectivity index (χ4n) is 2.89. The molecule has 0 radical (unpaired) electrons. The van der Waals surface area contributed by atoms with Gasteiger partial charge in [0.05, 0.1) is 5.54 Å². The predicted octanol–water partition coefficient (Wildman–Crippen LogP) is 3.24. The molecule has 1 aromatic rings. The quantitative estimate of drug-likeness (QED) is 0.894. The van der Waals surface area contributed by atoms with Crippen LogP contribution in [0.25, 0.3) is 0 Å². The van der Waals surface area contributed by atoms with Crippen LogP contribution in [-0.2, 0) is 5.54 Å². The van der Waals surface area contributed by atoms with Crippen molar-refractivity contribution in [2.24, 2.45) is 5.92 Å². The Morgan fingerprint density at radius 1 is 1.37 bits per heavy atom. The Kier molecular flexibility index (Phi) is 4.64. The van der Waals surface area contributed by atoms with Gasteiger partial charge in [-0.3, -0.25) is 4.90 Å². The van der Waals surface area contributed by atoms with E-state index < -0.39 is 0 Å². The van der Waals surface area contributed by atoms with Crippen molar-refractivity contribution >= 4 is 0 Å². The van der Waals surface area contributed by atoms with E-state index in [4.69, 9.17) is 0 Å². The Labute approximate surface area is 118 Å². The van der Waals surface area contributed by atoms with Gasteiger partial charge >= 0.3 is 0 Å². The smallest absolute Gasteiger partial charge is 0.0535 e. The van der Waals surface area contributed by atoms with Crippen LogP contribution in [0.1, 0.15) is 39.7 Å². The van der Waals surface area contributed by atoms with Crippen LogP contribution in [0.15, 0.2) is 30.3 Å². The zero-order valence-corrected chi connectivity index (χ0v) is 12.8. The van der Waals surface area contributed by atoms with Crippen LogP contribution in [0.4, 0.5) is 0 Å². The minimum absolute atomic E-state index is 0.0846. The van der Waals surface area contributed by atoms with Crippen molar-refractivity contribution in [2.75, 3.05) is 19.6 Å². The lowest BCUT2D eigenvalue weighted by molar-refractivity contribution is 0.0806. The molecule has 19 heavy (non-hydrogen) atoms. The van der Waals surface area contributed by atoms with E-state index in [2.05, 4.69) is 68.2 Å². The van der Waals surface area contributed by atoms with E-state index >= 15 is 0 Å². The standard InChI is InChI=1S/C17H28N2/c1-5-14(2)12-19-13-17(4,18-11-15(19)3)16-9-7-6-8-10-16/h6-10,14-15,18H,5,11-13H2,1-4H3. The molecule has 0 bridgehead atoms. The lowest BCUT2D eigenvalue weighted by Gasteiger charge is -2.46. The second-order valence-corrected chi connectivity index (χ2v) is 6.37. The Morgan fingerprint density at radius 2 is 2.05 bits per heavy atom. The van der Waals surface area contributed by atoms with E-state index in [1.165, 1.54) is 18.5 Å². The molecule has 1 N–H and O–H groups in total. The minimum Gasteiger partial charge on any atom is -0.305 e. The molecule has 3 atom stereocenters. The van der Waals surface area contributed by atoms with Crippen molar-refractivity contribution in [3.8, 4) is 0 Å². The third kappa shape index (κ3) is 3.37. The summed E-state index contributed by atoms with van der Waals surface area (Å²) in [6.07, 6.45) is 1.26. The van der Waals surface area contributed by atoms with Crippen molar-refractivity contribution in [2.45, 2.75) is 45.7 Å². The summed E-state index contributed by atoms with van der Waals surface area (Å²) in [5, 5.41) is 3.74. The first-order chi connectivity index (χ1) is 9.05. The molecular formula is C17H28N2. The van der Waals surface area contributed by atoms with E-state index in [1.54, 1.807) is 0 Å². The number of hydrogen-bond donors (Lipinski definition) is 1. The molecule has 0 aromatic heterocycles. The summed E-state index contributed by atoms with van der Waals surface area (Å²) in [7, 11) is 0. The molecule has 0 saturated carbocycles. The number of nitrogens with zero attached hydrogens (tertiary/aromatic N) is 1. The highest BCUT2D eigenvalue weighted by Crippen LogP contribution is 2.27. The number of hydrogen-bond acceptors (Lipinski definition) is 2. The average molecular weight is 260 g/mol. The first-order valence-electron chi connectivity index (χ1n) is 7.59. The highest BCUT2D eigenvalue weighted by atomic mass is 15.2. The van der Waals surface area contributed by atoms with Crippen LogP contribution in [-0.4, -0.2) is 30.6 Å². The van der Waals surface area contributed by atoms with Gasteiger partial charge in [0.15, 0.2) is 0 Å². The fraction of sp³-hybridized carbons (Fsp3) is 0.647. The molecule has 106 valence electrons. The zero-order valence-electron chi connectivity index (χ0n) is 12.8. The SMILES string of the molecule is CCC(C)CN1CC(C)(c2ccccc2)NCC1C. The average Bonchev–Trinajstić information content (AvgIpc) is 2.44. The van der Waals surface area contributed by atoms with Gasteiger partial charge in [0.2, 0.25) is 0 Å². The summed E-state index contributed by atoms with van der Waals surface area (Å²) in [5.74, 6) is 0.778. The van der Waals surface area contributed by atoms with Gasteiger partial charge in [-0.15, -0.1) is 0 Å². The van der Waals surface area contributed by atoms with Crippen LogP contribution in [0.2, 0.25) is 0 Å². The molecule has 1 aromatic carbocycles. The van der Waals surface area contributed by atoms with Crippen LogP contribution in [0.3, 0.4) is 0 Å². The highest BCUT2D eigenvalue weighted by molar-refractivity contribution is 5.25. The van der Waals surface area contributed by atoms with Gasteiger partial charge in [-0.1, -0.05) is 50.6 Å². The molecule has 0 aliphatic carbocycles. The van der Waals surface area contributed by atoms with Crippen LogP contribution < -0.4 is 5.32 Å². The number of nitrogens with one attached hydrogen (secondary N) is 1. The third-order valence-electron chi connectivity index (χ3n) is 4.58. The van der Waals surface area contributed by atoms with E-state index in [0.29, 0.717) is 6.04 Å². The molecule has 1 saturated heterocycles. The molecule has 2 rings (SSSR count). The second-order valence-electron chi connectivity index (χ2n) is 6.37. The number of rotatable bonds is 4. The molecule has 1 fully saturated rings. The molecule has 2 heteroatoms. The Bertz CT molecular complexity index is 390. The summed E-state index contributed by atoms with van der Waals surface area (Å²) < 4.78 is 0. The van der Waals surface area contributed by atoms with Gasteiger partial charge in [-0.2, -0.15) is 0 Å². The molecule has 0 spiro atoms.